The van der Waals surface area contributed by atoms with Crippen LogP contribution in [0.5, 0.6) is 0 Å². The van der Waals surface area contributed by atoms with E-state index in [1.807, 2.05) is 19.1 Å². The van der Waals surface area contributed by atoms with E-state index in [0.29, 0.717) is 42.4 Å². The molecule has 1 amide bonds. The standard InChI is InChI=1S/C26H27FN4O4/c1-16-5-4-8-30-21(17(2)28-25(16)30)23(32)20-22(18-6-3-7-19(27)15-18)31(26(34)24(20)33)10-9-29-11-13-35-14-12-29/h3-8,15,22,32H,9-14H2,1-2H3/b23-20-. The monoisotopic (exact) mass is 478 g/mol. The van der Waals surface area contributed by atoms with Gasteiger partial charge in [0.1, 0.15) is 17.2 Å². The van der Waals surface area contributed by atoms with Crippen molar-refractivity contribution in [3.63, 3.8) is 0 Å². The molecule has 2 saturated heterocycles. The number of Topliss-reactive ketones (excluding diaryl/α,β-unsaturated/α-hetero) is 1. The number of rotatable bonds is 5. The fraction of sp³-hybridized carbons (Fsp3) is 0.346. The Morgan fingerprint density at radius 3 is 2.66 bits per heavy atom. The zero-order chi connectivity index (χ0) is 24.7. The molecule has 4 heterocycles. The number of imidazole rings is 1. The van der Waals surface area contributed by atoms with Crippen LogP contribution in [0.25, 0.3) is 11.4 Å². The van der Waals surface area contributed by atoms with Crippen LogP contribution < -0.4 is 0 Å². The number of carbonyl (C=O) groups is 2. The Hall–Kier alpha value is -3.56. The van der Waals surface area contributed by atoms with E-state index in [1.54, 1.807) is 23.6 Å². The third-order valence-electron chi connectivity index (χ3n) is 6.71. The summed E-state index contributed by atoms with van der Waals surface area (Å²) in [7, 11) is 0. The van der Waals surface area contributed by atoms with Crippen LogP contribution >= 0.6 is 0 Å². The molecule has 1 unspecified atom stereocenters. The number of ether oxygens (including phenoxy) is 1. The Balaban J connectivity index is 1.63. The van der Waals surface area contributed by atoms with Crippen molar-refractivity contribution >= 4 is 23.1 Å². The van der Waals surface area contributed by atoms with Crippen LogP contribution in [0.2, 0.25) is 0 Å². The van der Waals surface area contributed by atoms with Gasteiger partial charge in [-0.1, -0.05) is 18.2 Å². The summed E-state index contributed by atoms with van der Waals surface area (Å²) in [5.74, 6) is -2.30. The molecule has 0 radical (unpaired) electrons. The lowest BCUT2D eigenvalue weighted by molar-refractivity contribution is -0.140. The summed E-state index contributed by atoms with van der Waals surface area (Å²) in [6.07, 6.45) is 1.75. The highest BCUT2D eigenvalue weighted by molar-refractivity contribution is 6.46. The zero-order valence-electron chi connectivity index (χ0n) is 19.7. The van der Waals surface area contributed by atoms with E-state index in [0.717, 1.165) is 18.7 Å². The molecule has 0 bridgehead atoms. The van der Waals surface area contributed by atoms with Crippen LogP contribution in [-0.4, -0.2) is 75.4 Å². The summed E-state index contributed by atoms with van der Waals surface area (Å²) in [5, 5.41) is 11.5. The second kappa shape index (κ2) is 9.24. The molecule has 2 aliphatic rings. The van der Waals surface area contributed by atoms with Gasteiger partial charge in [0.05, 0.1) is 30.5 Å². The lowest BCUT2D eigenvalue weighted by Gasteiger charge is -2.31. The van der Waals surface area contributed by atoms with Gasteiger partial charge in [-0.15, -0.1) is 0 Å². The van der Waals surface area contributed by atoms with E-state index in [9.17, 15) is 19.1 Å². The highest BCUT2D eigenvalue weighted by Crippen LogP contribution is 2.40. The van der Waals surface area contributed by atoms with Crippen LogP contribution in [0.1, 0.15) is 28.6 Å². The van der Waals surface area contributed by atoms with Gasteiger partial charge in [-0.2, -0.15) is 0 Å². The highest BCUT2D eigenvalue weighted by atomic mass is 19.1. The number of benzene rings is 1. The molecule has 2 aliphatic heterocycles. The van der Waals surface area contributed by atoms with Gasteiger partial charge in [0, 0.05) is 32.4 Å². The zero-order valence-corrected chi connectivity index (χ0v) is 19.7. The summed E-state index contributed by atoms with van der Waals surface area (Å²) >= 11 is 0. The molecule has 5 rings (SSSR count). The van der Waals surface area contributed by atoms with Gasteiger partial charge in [0.25, 0.3) is 11.7 Å². The first-order chi connectivity index (χ1) is 16.9. The molecule has 35 heavy (non-hydrogen) atoms. The van der Waals surface area contributed by atoms with Crippen LogP contribution in [0.15, 0.2) is 48.2 Å². The first-order valence-electron chi connectivity index (χ1n) is 11.7. The molecule has 2 fully saturated rings. The van der Waals surface area contributed by atoms with Gasteiger partial charge >= 0.3 is 0 Å². The average molecular weight is 479 g/mol. The Kier molecular flexibility index (Phi) is 6.12. The molecule has 1 aromatic carbocycles. The number of halogens is 1. The molecular formula is C26H27FN4O4. The van der Waals surface area contributed by atoms with E-state index in [4.69, 9.17) is 4.74 Å². The number of hydrogen-bond acceptors (Lipinski definition) is 6. The van der Waals surface area contributed by atoms with E-state index in [1.165, 1.54) is 23.1 Å². The summed E-state index contributed by atoms with van der Waals surface area (Å²) in [5.41, 5.74) is 2.78. The average Bonchev–Trinajstić information content (AvgIpc) is 3.32. The number of aryl methyl sites for hydroxylation is 2. The van der Waals surface area contributed by atoms with E-state index in [-0.39, 0.29) is 17.9 Å². The minimum atomic E-state index is -0.915. The topological polar surface area (TPSA) is 87.4 Å². The molecule has 2 aromatic heterocycles. The molecule has 0 spiro atoms. The third kappa shape index (κ3) is 4.11. The molecule has 1 N–H and O–H groups in total. The molecule has 1 atom stereocenters. The van der Waals surface area contributed by atoms with Crippen molar-refractivity contribution in [1.29, 1.82) is 0 Å². The number of aliphatic hydroxyl groups is 1. The predicted octanol–water partition coefficient (Wildman–Crippen LogP) is 2.84. The van der Waals surface area contributed by atoms with E-state index in [2.05, 4.69) is 9.88 Å². The Bertz CT molecular complexity index is 1340. The summed E-state index contributed by atoms with van der Waals surface area (Å²) in [6, 6.07) is 8.63. The number of aromatic nitrogens is 2. The number of amides is 1. The third-order valence-corrected chi connectivity index (χ3v) is 6.71. The number of nitrogens with zero attached hydrogens (tertiary/aromatic N) is 4. The number of morpholine rings is 1. The van der Waals surface area contributed by atoms with Gasteiger partial charge in [-0.25, -0.2) is 9.37 Å². The van der Waals surface area contributed by atoms with Crippen molar-refractivity contribution in [3.05, 3.63) is 76.5 Å². The van der Waals surface area contributed by atoms with Crippen molar-refractivity contribution in [2.75, 3.05) is 39.4 Å². The van der Waals surface area contributed by atoms with Crippen molar-refractivity contribution in [3.8, 4) is 0 Å². The minimum Gasteiger partial charge on any atom is -0.505 e. The van der Waals surface area contributed by atoms with Crippen LogP contribution in [0, 0.1) is 19.7 Å². The largest absolute Gasteiger partial charge is 0.505 e. The minimum absolute atomic E-state index is 0.0611. The maximum absolute atomic E-state index is 14.2. The van der Waals surface area contributed by atoms with Crippen molar-refractivity contribution in [2.45, 2.75) is 19.9 Å². The quantitative estimate of drug-likeness (QED) is 0.345. The molecule has 8 nitrogen and oxygen atoms in total. The Labute approximate surface area is 202 Å². The second-order valence-electron chi connectivity index (χ2n) is 8.93. The molecule has 3 aromatic rings. The Morgan fingerprint density at radius 1 is 1.14 bits per heavy atom. The fourth-order valence-corrected chi connectivity index (χ4v) is 4.94. The summed E-state index contributed by atoms with van der Waals surface area (Å²) < 4.78 is 21.3. The lowest BCUT2D eigenvalue weighted by atomic mass is 9.96. The van der Waals surface area contributed by atoms with Crippen molar-refractivity contribution in [2.24, 2.45) is 0 Å². The lowest BCUT2D eigenvalue weighted by Crippen LogP contribution is -2.42. The normalized spacial score (nSPS) is 20.8. The molecule has 182 valence electrons. The second-order valence-corrected chi connectivity index (χ2v) is 8.93. The SMILES string of the molecule is Cc1nc2c(C)cccn2c1/C(O)=C1/C(=O)C(=O)N(CCN2CCOCC2)C1c1cccc(F)c1. The number of carbonyl (C=O) groups excluding carboxylic acids is 2. The number of hydrogen-bond donors (Lipinski definition) is 1. The van der Waals surface area contributed by atoms with E-state index >= 15 is 0 Å². The molecule has 9 heteroatoms. The van der Waals surface area contributed by atoms with Gasteiger partial charge in [0.2, 0.25) is 0 Å². The predicted molar refractivity (Wildman–Crippen MR) is 127 cm³/mol. The molecule has 0 aliphatic carbocycles. The highest BCUT2D eigenvalue weighted by Gasteiger charge is 2.46. The van der Waals surface area contributed by atoms with Crippen LogP contribution in [-0.2, 0) is 14.3 Å². The van der Waals surface area contributed by atoms with Crippen molar-refractivity contribution in [1.82, 2.24) is 19.2 Å². The Morgan fingerprint density at radius 2 is 1.91 bits per heavy atom. The maximum Gasteiger partial charge on any atom is 0.295 e. The fourth-order valence-electron chi connectivity index (χ4n) is 4.94. The summed E-state index contributed by atoms with van der Waals surface area (Å²) in [4.78, 5) is 34.7. The van der Waals surface area contributed by atoms with Gasteiger partial charge in [-0.05, 0) is 43.2 Å². The van der Waals surface area contributed by atoms with E-state index < -0.39 is 23.5 Å². The number of likely N-dealkylation sites (tertiary alicyclic amines) is 1. The van der Waals surface area contributed by atoms with Gasteiger partial charge in [-0.3, -0.25) is 18.9 Å². The van der Waals surface area contributed by atoms with Gasteiger partial charge in [0.15, 0.2) is 5.76 Å². The number of pyridine rings is 1. The molecular weight excluding hydrogens is 451 g/mol. The van der Waals surface area contributed by atoms with Crippen LogP contribution in [0.3, 0.4) is 0 Å². The summed E-state index contributed by atoms with van der Waals surface area (Å²) in [6.45, 7) is 7.13. The maximum atomic E-state index is 14.2. The number of fused-ring (bicyclic) bond motifs is 1. The first-order valence-corrected chi connectivity index (χ1v) is 11.7. The van der Waals surface area contributed by atoms with Gasteiger partial charge < -0.3 is 14.7 Å². The molecule has 0 saturated carbocycles. The number of aliphatic hydroxyl groups excluding tert-OH is 1. The van der Waals surface area contributed by atoms with Crippen LogP contribution in [0.4, 0.5) is 4.39 Å². The number of ketones is 1. The first kappa shape index (κ1) is 23.2. The van der Waals surface area contributed by atoms with Crippen molar-refractivity contribution < 1.29 is 23.8 Å². The smallest absolute Gasteiger partial charge is 0.295 e.